The van der Waals surface area contributed by atoms with Gasteiger partial charge in [-0.25, -0.2) is 4.68 Å². The molecule has 3 heterocycles. The summed E-state index contributed by atoms with van der Waals surface area (Å²) >= 11 is 0. The molecule has 5 rings (SSSR count). The van der Waals surface area contributed by atoms with Crippen LogP contribution in [-0.2, 0) is 17.7 Å². The highest BCUT2D eigenvalue weighted by Crippen LogP contribution is 2.37. The summed E-state index contributed by atoms with van der Waals surface area (Å²) in [5.41, 5.74) is 4.82. The molecule has 1 N–H and O–H groups in total. The minimum atomic E-state index is -0.413. The number of benzene rings is 2. The van der Waals surface area contributed by atoms with Gasteiger partial charge in [0.15, 0.2) is 5.82 Å². The molecule has 8 heteroatoms. The van der Waals surface area contributed by atoms with Gasteiger partial charge in [0.2, 0.25) is 0 Å². The maximum atomic E-state index is 13.3. The summed E-state index contributed by atoms with van der Waals surface area (Å²) in [5.74, 6) is 0.631. The van der Waals surface area contributed by atoms with Crippen LogP contribution in [0.25, 0.3) is 10.9 Å². The average molecular weight is 416 g/mol. The fourth-order valence-electron chi connectivity index (χ4n) is 4.37. The van der Waals surface area contributed by atoms with Gasteiger partial charge in [-0.15, -0.1) is 5.10 Å². The van der Waals surface area contributed by atoms with Crippen molar-refractivity contribution >= 4 is 16.6 Å². The van der Waals surface area contributed by atoms with Crippen molar-refractivity contribution in [3.8, 4) is 0 Å². The predicted molar refractivity (Wildman–Crippen MR) is 118 cm³/mol. The number of H-pyrrole nitrogens is 1. The van der Waals surface area contributed by atoms with E-state index in [9.17, 15) is 4.79 Å². The molecule has 0 fully saturated rings. The number of nitrogens with zero attached hydrogens (tertiary/aromatic N) is 5. The molecule has 1 aliphatic heterocycles. The highest BCUT2D eigenvalue weighted by molar-refractivity contribution is 5.80. The van der Waals surface area contributed by atoms with Crippen LogP contribution in [0.4, 0.5) is 5.69 Å². The Morgan fingerprint density at radius 3 is 2.94 bits per heavy atom. The molecule has 4 aromatic rings. The lowest BCUT2D eigenvalue weighted by Crippen LogP contribution is -2.34. The van der Waals surface area contributed by atoms with E-state index in [0.29, 0.717) is 24.5 Å². The van der Waals surface area contributed by atoms with E-state index in [1.54, 1.807) is 11.8 Å². The van der Waals surface area contributed by atoms with Crippen LogP contribution in [0.5, 0.6) is 0 Å². The first kappa shape index (κ1) is 19.4. The van der Waals surface area contributed by atoms with Crippen LogP contribution in [0, 0.1) is 6.92 Å². The largest absolute Gasteiger partial charge is 0.383 e. The van der Waals surface area contributed by atoms with E-state index in [4.69, 9.17) is 4.74 Å². The molecule has 2 aromatic carbocycles. The lowest BCUT2D eigenvalue weighted by atomic mass is 10.0. The number of ether oxygens (including phenoxy) is 1. The second kappa shape index (κ2) is 7.96. The van der Waals surface area contributed by atoms with Crippen molar-refractivity contribution in [2.24, 2.45) is 0 Å². The third-order valence-corrected chi connectivity index (χ3v) is 5.87. The lowest BCUT2D eigenvalue weighted by molar-refractivity contribution is 0.181. The smallest absolute Gasteiger partial charge is 0.254 e. The molecule has 0 amide bonds. The molecular weight excluding hydrogens is 392 g/mol. The molecule has 2 aromatic heterocycles. The Kier molecular flexibility index (Phi) is 4.99. The van der Waals surface area contributed by atoms with Gasteiger partial charge in [-0.05, 0) is 59.0 Å². The number of hydrogen-bond acceptors (Lipinski definition) is 6. The first-order valence-corrected chi connectivity index (χ1v) is 10.4. The molecule has 0 saturated heterocycles. The van der Waals surface area contributed by atoms with E-state index in [2.05, 4.69) is 43.6 Å². The number of aromatic nitrogens is 5. The summed E-state index contributed by atoms with van der Waals surface area (Å²) in [6.45, 7) is 3.82. The zero-order valence-electron chi connectivity index (χ0n) is 17.6. The number of methoxy groups -OCH3 is 1. The minimum absolute atomic E-state index is 0.132. The molecule has 158 valence electrons. The highest BCUT2D eigenvalue weighted by atomic mass is 16.5. The number of fused-ring (bicyclic) bond motifs is 2. The first-order chi connectivity index (χ1) is 15.2. The van der Waals surface area contributed by atoms with Gasteiger partial charge >= 0.3 is 0 Å². The van der Waals surface area contributed by atoms with Crippen molar-refractivity contribution in [1.82, 2.24) is 25.2 Å². The van der Waals surface area contributed by atoms with Gasteiger partial charge in [0.25, 0.3) is 5.56 Å². The molecule has 0 saturated carbocycles. The summed E-state index contributed by atoms with van der Waals surface area (Å²) in [6.07, 6.45) is 0.914. The normalized spacial score (nSPS) is 14.2. The van der Waals surface area contributed by atoms with Crippen molar-refractivity contribution in [3.05, 3.63) is 81.4 Å². The molecule has 0 spiro atoms. The molecule has 0 aliphatic carbocycles. The van der Waals surface area contributed by atoms with E-state index in [1.807, 2.05) is 37.3 Å². The maximum Gasteiger partial charge on any atom is 0.254 e. The van der Waals surface area contributed by atoms with E-state index in [0.717, 1.165) is 35.1 Å². The number of tetrazole rings is 1. The standard InChI is InChI=1S/C23H24N6O2/c1-15-7-8-19-17(13-15)14-18(23(30)24-19)21(22-25-26-27-29(22)11-12-31-2)28-10-9-16-5-3-4-6-20(16)28/h3-8,13-14,21H,9-12H2,1-2H3,(H,24,30)/t21-/m0/s1. The van der Waals surface area contributed by atoms with Crippen molar-refractivity contribution in [2.75, 3.05) is 25.2 Å². The Hall–Kier alpha value is -3.52. The zero-order valence-corrected chi connectivity index (χ0v) is 17.6. The highest BCUT2D eigenvalue weighted by Gasteiger charge is 2.34. The molecule has 0 radical (unpaired) electrons. The average Bonchev–Trinajstić information content (AvgIpc) is 3.41. The van der Waals surface area contributed by atoms with Crippen molar-refractivity contribution in [3.63, 3.8) is 0 Å². The van der Waals surface area contributed by atoms with E-state index in [1.165, 1.54) is 5.56 Å². The van der Waals surface area contributed by atoms with Crippen LogP contribution in [-0.4, -0.2) is 45.5 Å². The van der Waals surface area contributed by atoms with Gasteiger partial charge in [-0.1, -0.05) is 29.8 Å². The Labute approximate surface area is 179 Å². The fourth-order valence-corrected chi connectivity index (χ4v) is 4.37. The number of hydrogen-bond donors (Lipinski definition) is 1. The van der Waals surface area contributed by atoms with Crippen LogP contribution >= 0.6 is 0 Å². The Balaban J connectivity index is 1.70. The van der Waals surface area contributed by atoms with Gasteiger partial charge in [0.1, 0.15) is 6.04 Å². The topological polar surface area (TPSA) is 88.9 Å². The number of aryl methyl sites for hydroxylation is 1. The third-order valence-electron chi connectivity index (χ3n) is 5.87. The summed E-state index contributed by atoms with van der Waals surface area (Å²) in [4.78, 5) is 18.5. The summed E-state index contributed by atoms with van der Waals surface area (Å²) in [5, 5.41) is 13.4. The number of anilines is 1. The fraction of sp³-hybridized carbons (Fsp3) is 0.304. The maximum absolute atomic E-state index is 13.3. The second-order valence-corrected chi connectivity index (χ2v) is 7.87. The lowest BCUT2D eigenvalue weighted by Gasteiger charge is -2.29. The van der Waals surface area contributed by atoms with Gasteiger partial charge in [-0.3, -0.25) is 4.79 Å². The molecule has 1 aliphatic rings. The number of pyridine rings is 1. The molecule has 8 nitrogen and oxygen atoms in total. The van der Waals surface area contributed by atoms with Gasteiger partial charge in [0, 0.05) is 30.4 Å². The Bertz CT molecular complexity index is 1290. The molecule has 31 heavy (non-hydrogen) atoms. The summed E-state index contributed by atoms with van der Waals surface area (Å²) in [6, 6.07) is 15.9. The van der Waals surface area contributed by atoms with Crippen LogP contribution in [0.2, 0.25) is 0 Å². The number of rotatable bonds is 6. The summed E-state index contributed by atoms with van der Waals surface area (Å²) in [7, 11) is 1.65. The zero-order chi connectivity index (χ0) is 21.4. The van der Waals surface area contributed by atoms with E-state index in [-0.39, 0.29) is 5.56 Å². The number of para-hydroxylation sites is 1. The monoisotopic (exact) mass is 416 g/mol. The molecule has 0 unspecified atom stereocenters. The summed E-state index contributed by atoms with van der Waals surface area (Å²) < 4.78 is 6.97. The second-order valence-electron chi connectivity index (χ2n) is 7.87. The Morgan fingerprint density at radius 1 is 1.19 bits per heavy atom. The molecule has 0 bridgehead atoms. The predicted octanol–water partition coefficient (Wildman–Crippen LogP) is 2.62. The van der Waals surface area contributed by atoms with Crippen molar-refractivity contribution in [2.45, 2.75) is 25.9 Å². The number of nitrogens with one attached hydrogen (secondary N) is 1. The van der Waals surface area contributed by atoms with E-state index >= 15 is 0 Å². The van der Waals surface area contributed by atoms with Crippen molar-refractivity contribution < 1.29 is 4.74 Å². The SMILES string of the molecule is COCCn1nnnc1[C@H](c1cc2cc(C)ccc2[nH]c1=O)N1CCc2ccccc21. The van der Waals surface area contributed by atoms with Crippen LogP contribution in [0.15, 0.2) is 53.3 Å². The van der Waals surface area contributed by atoms with Crippen LogP contribution in [0.3, 0.4) is 0 Å². The quantitative estimate of drug-likeness (QED) is 0.520. The van der Waals surface area contributed by atoms with Crippen LogP contribution in [0.1, 0.15) is 28.6 Å². The third kappa shape index (κ3) is 3.48. The number of aromatic amines is 1. The molecular formula is C23H24N6O2. The van der Waals surface area contributed by atoms with Gasteiger partial charge in [0.05, 0.1) is 13.2 Å². The van der Waals surface area contributed by atoms with Crippen LogP contribution < -0.4 is 10.5 Å². The van der Waals surface area contributed by atoms with Crippen molar-refractivity contribution in [1.29, 1.82) is 0 Å². The minimum Gasteiger partial charge on any atom is -0.383 e. The molecule has 1 atom stereocenters. The van der Waals surface area contributed by atoms with Gasteiger partial charge in [-0.2, -0.15) is 0 Å². The van der Waals surface area contributed by atoms with Gasteiger partial charge < -0.3 is 14.6 Å². The Morgan fingerprint density at radius 2 is 2.06 bits per heavy atom. The first-order valence-electron chi connectivity index (χ1n) is 10.4. The van der Waals surface area contributed by atoms with E-state index < -0.39 is 6.04 Å².